The maximum atomic E-state index is 7.19. The van der Waals surface area contributed by atoms with Crippen LogP contribution in [-0.4, -0.2) is 32.4 Å². The number of benzene rings is 3. The molecule has 0 unspecified atom stereocenters. The Kier molecular flexibility index (Phi) is 6.30. The summed E-state index contributed by atoms with van der Waals surface area (Å²) in [6, 6.07) is 30.5. The van der Waals surface area contributed by atoms with E-state index in [4.69, 9.17) is 4.43 Å². The summed E-state index contributed by atoms with van der Waals surface area (Å²) in [5, 5.41) is 2.74. The molecule has 4 rings (SSSR count). The number of nitrogens with zero attached hydrogens (tertiary/aromatic N) is 1. The molecule has 3 aromatic rings. The van der Waals surface area contributed by atoms with E-state index in [1.807, 2.05) is 0 Å². The number of hydrogen-bond acceptors (Lipinski definition) is 2. The Balaban J connectivity index is 1.58. The van der Waals surface area contributed by atoms with Gasteiger partial charge in [0.25, 0.3) is 8.32 Å². The fourth-order valence-corrected chi connectivity index (χ4v) is 9.44. The van der Waals surface area contributed by atoms with Crippen molar-refractivity contribution in [1.29, 1.82) is 0 Å². The van der Waals surface area contributed by atoms with Gasteiger partial charge < -0.3 is 4.43 Å². The van der Waals surface area contributed by atoms with Crippen LogP contribution in [-0.2, 0) is 11.0 Å². The van der Waals surface area contributed by atoms with Gasteiger partial charge in [-0.15, -0.1) is 0 Å². The molecular weight excluding hydrogens is 450 g/mol. The van der Waals surface area contributed by atoms with Crippen LogP contribution in [0, 0.1) is 0 Å². The summed E-state index contributed by atoms with van der Waals surface area (Å²) < 4.78 is 8.31. The van der Waals surface area contributed by atoms with Crippen molar-refractivity contribution < 1.29 is 4.43 Å². The predicted molar refractivity (Wildman–Crippen MR) is 132 cm³/mol. The minimum absolute atomic E-state index is 0.0296. The van der Waals surface area contributed by atoms with Gasteiger partial charge in [-0.3, -0.25) is 4.90 Å². The van der Waals surface area contributed by atoms with E-state index in [0.29, 0.717) is 0 Å². The maximum absolute atomic E-state index is 7.19. The van der Waals surface area contributed by atoms with Gasteiger partial charge in [0, 0.05) is 24.1 Å². The Labute approximate surface area is 190 Å². The van der Waals surface area contributed by atoms with Crippen LogP contribution in [0.15, 0.2) is 89.4 Å². The number of halogens is 1. The molecule has 1 heterocycles. The third-order valence-electron chi connectivity index (χ3n) is 6.00. The highest BCUT2D eigenvalue weighted by Gasteiger charge is 2.52. The van der Waals surface area contributed by atoms with Crippen molar-refractivity contribution in [3.8, 4) is 0 Å². The van der Waals surface area contributed by atoms with E-state index in [-0.39, 0.29) is 11.1 Å². The molecule has 1 aliphatic rings. The Hall–Kier alpha value is -1.72. The van der Waals surface area contributed by atoms with Crippen molar-refractivity contribution in [2.75, 3.05) is 13.1 Å². The zero-order chi connectivity index (χ0) is 21.2. The summed E-state index contributed by atoms with van der Waals surface area (Å²) in [6.07, 6.45) is 0.270. The molecule has 0 spiro atoms. The Bertz CT molecular complexity index is 908. The molecule has 3 aromatic carbocycles. The number of rotatable bonds is 6. The average Bonchev–Trinajstić information content (AvgIpc) is 2.71. The fourth-order valence-electron chi connectivity index (χ4n) is 4.52. The molecule has 0 aliphatic carbocycles. The van der Waals surface area contributed by atoms with E-state index in [0.717, 1.165) is 24.1 Å². The van der Waals surface area contributed by atoms with Gasteiger partial charge in [-0.2, -0.15) is 0 Å². The summed E-state index contributed by atoms with van der Waals surface area (Å²) in [6.45, 7) is 9.99. The zero-order valence-electron chi connectivity index (χ0n) is 18.0. The van der Waals surface area contributed by atoms with E-state index in [2.05, 4.69) is 127 Å². The minimum Gasteiger partial charge on any atom is -0.402 e. The molecule has 0 saturated carbocycles. The monoisotopic (exact) mass is 479 g/mol. The maximum Gasteiger partial charge on any atom is 0.261 e. The molecular formula is C26H30BrNOSi. The molecule has 0 amide bonds. The molecule has 1 aliphatic heterocycles. The second-order valence-corrected chi connectivity index (χ2v) is 14.4. The molecule has 0 radical (unpaired) electrons. The molecule has 156 valence electrons. The molecule has 30 heavy (non-hydrogen) atoms. The number of hydrogen-bond donors (Lipinski definition) is 0. The second-order valence-electron chi connectivity index (χ2n) is 9.22. The largest absolute Gasteiger partial charge is 0.402 e. The first-order valence-electron chi connectivity index (χ1n) is 10.6. The quantitative estimate of drug-likeness (QED) is 0.449. The predicted octanol–water partition coefficient (Wildman–Crippen LogP) is 5.21. The Morgan fingerprint density at radius 1 is 0.833 bits per heavy atom. The van der Waals surface area contributed by atoms with Gasteiger partial charge in [-0.1, -0.05) is 109 Å². The van der Waals surface area contributed by atoms with Gasteiger partial charge in [0.05, 0.1) is 6.10 Å². The summed E-state index contributed by atoms with van der Waals surface area (Å²) in [4.78, 5) is 2.48. The van der Waals surface area contributed by atoms with Crippen LogP contribution in [0.25, 0.3) is 0 Å². The lowest BCUT2D eigenvalue weighted by atomic mass is 10.1. The average molecular weight is 481 g/mol. The zero-order valence-corrected chi connectivity index (χ0v) is 20.6. The van der Waals surface area contributed by atoms with Crippen molar-refractivity contribution in [3.63, 3.8) is 0 Å². The lowest BCUT2D eigenvalue weighted by molar-refractivity contribution is 0.00810. The van der Waals surface area contributed by atoms with Gasteiger partial charge in [-0.05, 0) is 33.1 Å². The molecule has 0 atom stereocenters. The molecule has 2 nitrogen and oxygen atoms in total. The molecule has 4 heteroatoms. The van der Waals surface area contributed by atoms with Crippen molar-refractivity contribution in [3.05, 3.63) is 95.0 Å². The van der Waals surface area contributed by atoms with Crippen LogP contribution in [0.2, 0.25) is 5.04 Å². The molecule has 1 saturated heterocycles. The molecule has 0 bridgehead atoms. The highest BCUT2D eigenvalue weighted by Crippen LogP contribution is 2.38. The highest BCUT2D eigenvalue weighted by atomic mass is 79.9. The standard InChI is InChI=1S/C26H30BrNOSi/c1-26(2,3)30(24-10-6-4-7-11-24,25-12-8-5-9-13-25)29-23-19-28(20-23)18-21-14-16-22(27)17-15-21/h4-17,23H,18-20H2,1-3H3. The van der Waals surface area contributed by atoms with Crippen molar-refractivity contribution in [2.45, 2.75) is 38.5 Å². The van der Waals surface area contributed by atoms with Gasteiger partial charge in [0.1, 0.15) is 0 Å². The third kappa shape index (κ3) is 4.33. The van der Waals surface area contributed by atoms with E-state index >= 15 is 0 Å². The van der Waals surface area contributed by atoms with Crippen LogP contribution >= 0.6 is 15.9 Å². The summed E-state index contributed by atoms with van der Waals surface area (Å²) in [5.41, 5.74) is 1.35. The highest BCUT2D eigenvalue weighted by molar-refractivity contribution is 9.10. The van der Waals surface area contributed by atoms with Crippen molar-refractivity contribution in [1.82, 2.24) is 4.90 Å². The first-order valence-corrected chi connectivity index (χ1v) is 13.3. The SMILES string of the molecule is CC(C)(C)[Si](OC1CN(Cc2ccc(Br)cc2)C1)(c1ccccc1)c1ccccc1. The van der Waals surface area contributed by atoms with Crippen LogP contribution < -0.4 is 10.4 Å². The summed E-state index contributed by atoms with van der Waals surface area (Å²) >= 11 is 3.52. The van der Waals surface area contributed by atoms with E-state index in [9.17, 15) is 0 Å². The lowest BCUT2D eigenvalue weighted by Crippen LogP contribution is -2.70. The van der Waals surface area contributed by atoms with E-state index < -0.39 is 8.32 Å². The van der Waals surface area contributed by atoms with Crippen LogP contribution in [0.4, 0.5) is 0 Å². The summed E-state index contributed by atoms with van der Waals surface area (Å²) in [7, 11) is -2.44. The topological polar surface area (TPSA) is 12.5 Å². The van der Waals surface area contributed by atoms with Gasteiger partial charge in [0.15, 0.2) is 0 Å². The van der Waals surface area contributed by atoms with Gasteiger partial charge in [0.2, 0.25) is 0 Å². The smallest absolute Gasteiger partial charge is 0.261 e. The number of likely N-dealkylation sites (tertiary alicyclic amines) is 1. The van der Waals surface area contributed by atoms with Crippen LogP contribution in [0.3, 0.4) is 0 Å². The minimum atomic E-state index is -2.44. The van der Waals surface area contributed by atoms with Crippen molar-refractivity contribution in [2.24, 2.45) is 0 Å². The van der Waals surface area contributed by atoms with Crippen LogP contribution in [0.5, 0.6) is 0 Å². The molecule has 1 fully saturated rings. The Morgan fingerprint density at radius 2 is 1.33 bits per heavy atom. The van der Waals surface area contributed by atoms with Crippen molar-refractivity contribution >= 4 is 34.6 Å². The molecule has 0 N–H and O–H groups in total. The first-order chi connectivity index (χ1) is 14.4. The van der Waals surface area contributed by atoms with E-state index in [1.165, 1.54) is 15.9 Å². The van der Waals surface area contributed by atoms with E-state index in [1.54, 1.807) is 0 Å². The fraction of sp³-hybridized carbons (Fsp3) is 0.308. The third-order valence-corrected chi connectivity index (χ3v) is 11.6. The normalized spacial score (nSPS) is 15.7. The first kappa shape index (κ1) is 21.5. The van der Waals surface area contributed by atoms with Gasteiger partial charge >= 0.3 is 0 Å². The Morgan fingerprint density at radius 3 is 1.80 bits per heavy atom. The second kappa shape index (κ2) is 8.79. The lowest BCUT2D eigenvalue weighted by Gasteiger charge is -2.49. The van der Waals surface area contributed by atoms with Crippen LogP contribution in [0.1, 0.15) is 26.3 Å². The van der Waals surface area contributed by atoms with Gasteiger partial charge in [-0.25, -0.2) is 0 Å². The molecule has 0 aromatic heterocycles. The summed E-state index contributed by atoms with van der Waals surface area (Å²) in [5.74, 6) is 0.